The Hall–Kier alpha value is -1.25. The van der Waals surface area contributed by atoms with E-state index in [0.717, 1.165) is 18.4 Å². The van der Waals surface area contributed by atoms with Gasteiger partial charge in [-0.3, -0.25) is 0 Å². The van der Waals surface area contributed by atoms with Gasteiger partial charge >= 0.3 is 5.97 Å². The molecular formula is C13H20O3. The van der Waals surface area contributed by atoms with Crippen molar-refractivity contribution in [3.05, 3.63) is 23.2 Å². The Morgan fingerprint density at radius 1 is 1.38 bits per heavy atom. The minimum atomic E-state index is -0.264. The van der Waals surface area contributed by atoms with Gasteiger partial charge in [-0.15, -0.1) is 0 Å². The number of carbonyl (C=O) groups is 1. The van der Waals surface area contributed by atoms with E-state index in [1.807, 2.05) is 6.92 Å². The number of furan rings is 1. The van der Waals surface area contributed by atoms with Gasteiger partial charge in [0, 0.05) is 5.56 Å². The Labute approximate surface area is 96.8 Å². The number of hydrogen-bond donors (Lipinski definition) is 0. The monoisotopic (exact) mass is 224 g/mol. The number of esters is 1. The van der Waals surface area contributed by atoms with Crippen LogP contribution in [0.25, 0.3) is 0 Å². The van der Waals surface area contributed by atoms with Gasteiger partial charge in [0.1, 0.15) is 11.3 Å². The smallest absolute Gasteiger partial charge is 0.341 e. The van der Waals surface area contributed by atoms with E-state index in [2.05, 4.69) is 6.92 Å². The maximum atomic E-state index is 11.7. The van der Waals surface area contributed by atoms with Crippen molar-refractivity contribution >= 4 is 5.97 Å². The summed E-state index contributed by atoms with van der Waals surface area (Å²) in [6.07, 6.45) is 6.00. The summed E-state index contributed by atoms with van der Waals surface area (Å²) < 4.78 is 10.3. The average Bonchev–Trinajstić information content (AvgIpc) is 2.61. The molecule has 3 heteroatoms. The molecule has 16 heavy (non-hydrogen) atoms. The van der Waals surface area contributed by atoms with Crippen LogP contribution in [0.1, 0.15) is 54.8 Å². The number of rotatable bonds is 6. The van der Waals surface area contributed by atoms with Gasteiger partial charge in [-0.2, -0.15) is 0 Å². The topological polar surface area (TPSA) is 39.4 Å². The molecule has 1 aromatic heterocycles. The Morgan fingerprint density at radius 3 is 2.75 bits per heavy atom. The fourth-order valence-corrected chi connectivity index (χ4v) is 1.73. The fraction of sp³-hybridized carbons (Fsp3) is 0.615. The van der Waals surface area contributed by atoms with Gasteiger partial charge in [0.05, 0.1) is 12.9 Å². The Bertz CT molecular complexity index is 339. The van der Waals surface area contributed by atoms with Crippen LogP contribution < -0.4 is 0 Å². The SMILES string of the molecule is CCCCCc1coc(C)c1C(=O)OCC. The van der Waals surface area contributed by atoms with Crippen molar-refractivity contribution < 1.29 is 13.9 Å². The molecule has 0 unspecified atom stereocenters. The van der Waals surface area contributed by atoms with Crippen LogP contribution in [0, 0.1) is 6.92 Å². The lowest BCUT2D eigenvalue weighted by Crippen LogP contribution is -2.07. The summed E-state index contributed by atoms with van der Waals surface area (Å²) in [6, 6.07) is 0. The van der Waals surface area contributed by atoms with E-state index in [-0.39, 0.29) is 5.97 Å². The minimum Gasteiger partial charge on any atom is -0.468 e. The van der Waals surface area contributed by atoms with Crippen LogP contribution >= 0.6 is 0 Å². The van der Waals surface area contributed by atoms with Crippen LogP contribution in [0.4, 0.5) is 0 Å². The maximum Gasteiger partial charge on any atom is 0.341 e. The summed E-state index contributed by atoms with van der Waals surface area (Å²) in [7, 11) is 0. The van der Waals surface area contributed by atoms with E-state index in [4.69, 9.17) is 9.15 Å². The summed E-state index contributed by atoms with van der Waals surface area (Å²) in [5, 5.41) is 0. The van der Waals surface area contributed by atoms with Crippen LogP contribution in [0.15, 0.2) is 10.7 Å². The molecule has 0 N–H and O–H groups in total. The van der Waals surface area contributed by atoms with Gasteiger partial charge in [-0.1, -0.05) is 19.8 Å². The van der Waals surface area contributed by atoms with Crippen LogP contribution in [-0.2, 0) is 11.2 Å². The maximum absolute atomic E-state index is 11.7. The number of unbranched alkanes of at least 4 members (excludes halogenated alkanes) is 2. The molecule has 0 bridgehead atoms. The molecular weight excluding hydrogens is 204 g/mol. The minimum absolute atomic E-state index is 0.264. The highest BCUT2D eigenvalue weighted by Crippen LogP contribution is 2.20. The van der Waals surface area contributed by atoms with Gasteiger partial charge in [0.25, 0.3) is 0 Å². The lowest BCUT2D eigenvalue weighted by atomic mass is 10.0. The molecule has 0 aromatic carbocycles. The molecule has 0 saturated heterocycles. The Morgan fingerprint density at radius 2 is 2.12 bits per heavy atom. The first-order valence-electron chi connectivity index (χ1n) is 5.94. The first kappa shape index (κ1) is 12.8. The number of hydrogen-bond acceptors (Lipinski definition) is 3. The van der Waals surface area contributed by atoms with E-state index >= 15 is 0 Å². The van der Waals surface area contributed by atoms with Crippen LogP contribution in [-0.4, -0.2) is 12.6 Å². The van der Waals surface area contributed by atoms with Crippen molar-refractivity contribution in [3.8, 4) is 0 Å². The van der Waals surface area contributed by atoms with E-state index in [0.29, 0.717) is 17.9 Å². The lowest BCUT2D eigenvalue weighted by molar-refractivity contribution is 0.0523. The Kier molecular flexibility index (Phi) is 5.09. The zero-order valence-electron chi connectivity index (χ0n) is 10.3. The van der Waals surface area contributed by atoms with Gasteiger partial charge in [-0.25, -0.2) is 4.79 Å². The molecule has 0 aliphatic heterocycles. The molecule has 90 valence electrons. The highest BCUT2D eigenvalue weighted by molar-refractivity contribution is 5.92. The van der Waals surface area contributed by atoms with Gasteiger partial charge in [0.2, 0.25) is 0 Å². The molecule has 0 saturated carbocycles. The molecule has 1 heterocycles. The van der Waals surface area contributed by atoms with Crippen molar-refractivity contribution in [1.82, 2.24) is 0 Å². The average molecular weight is 224 g/mol. The summed E-state index contributed by atoms with van der Waals surface area (Å²) in [5.41, 5.74) is 1.60. The summed E-state index contributed by atoms with van der Waals surface area (Å²) in [4.78, 5) is 11.7. The third-order valence-electron chi connectivity index (χ3n) is 2.58. The standard InChI is InChI=1S/C13H20O3/c1-4-6-7-8-11-9-16-10(3)12(11)13(14)15-5-2/h9H,4-8H2,1-3H3. The number of aryl methyl sites for hydroxylation is 2. The predicted octanol–water partition coefficient (Wildman–Crippen LogP) is 3.50. The van der Waals surface area contributed by atoms with Gasteiger partial charge in [-0.05, 0) is 26.7 Å². The molecule has 0 spiro atoms. The molecule has 0 aliphatic carbocycles. The first-order chi connectivity index (χ1) is 7.70. The quantitative estimate of drug-likeness (QED) is 0.548. The molecule has 1 aromatic rings. The molecule has 3 nitrogen and oxygen atoms in total. The third kappa shape index (κ3) is 3.12. The predicted molar refractivity (Wildman–Crippen MR) is 62.6 cm³/mol. The van der Waals surface area contributed by atoms with E-state index in [9.17, 15) is 4.79 Å². The van der Waals surface area contributed by atoms with E-state index in [1.165, 1.54) is 12.8 Å². The summed E-state index contributed by atoms with van der Waals surface area (Å²) >= 11 is 0. The second-order valence-corrected chi connectivity index (χ2v) is 3.87. The van der Waals surface area contributed by atoms with Gasteiger partial charge < -0.3 is 9.15 Å². The first-order valence-corrected chi connectivity index (χ1v) is 5.94. The van der Waals surface area contributed by atoms with Crippen molar-refractivity contribution in [1.29, 1.82) is 0 Å². The van der Waals surface area contributed by atoms with Crippen molar-refractivity contribution in [2.24, 2.45) is 0 Å². The van der Waals surface area contributed by atoms with Crippen molar-refractivity contribution in [2.45, 2.75) is 46.5 Å². The molecule has 0 amide bonds. The number of carbonyl (C=O) groups excluding carboxylic acids is 1. The summed E-state index contributed by atoms with van der Waals surface area (Å²) in [6.45, 7) is 6.17. The van der Waals surface area contributed by atoms with Crippen molar-refractivity contribution in [3.63, 3.8) is 0 Å². The molecule has 1 rings (SSSR count). The van der Waals surface area contributed by atoms with E-state index < -0.39 is 0 Å². The highest BCUT2D eigenvalue weighted by Gasteiger charge is 2.18. The highest BCUT2D eigenvalue weighted by atomic mass is 16.5. The lowest BCUT2D eigenvalue weighted by Gasteiger charge is -2.03. The summed E-state index contributed by atoms with van der Waals surface area (Å²) in [5.74, 6) is 0.394. The van der Waals surface area contributed by atoms with Crippen LogP contribution in [0.2, 0.25) is 0 Å². The van der Waals surface area contributed by atoms with Gasteiger partial charge in [0.15, 0.2) is 0 Å². The molecule has 0 radical (unpaired) electrons. The second-order valence-electron chi connectivity index (χ2n) is 3.87. The second kappa shape index (κ2) is 6.36. The largest absolute Gasteiger partial charge is 0.468 e. The molecule has 0 fully saturated rings. The van der Waals surface area contributed by atoms with E-state index in [1.54, 1.807) is 13.2 Å². The van der Waals surface area contributed by atoms with Crippen LogP contribution in [0.3, 0.4) is 0 Å². The van der Waals surface area contributed by atoms with Crippen LogP contribution in [0.5, 0.6) is 0 Å². The molecule has 0 aliphatic rings. The Balaban J connectivity index is 2.73. The zero-order chi connectivity index (χ0) is 12.0. The third-order valence-corrected chi connectivity index (χ3v) is 2.58. The normalized spacial score (nSPS) is 10.4. The zero-order valence-corrected chi connectivity index (χ0v) is 10.3. The fourth-order valence-electron chi connectivity index (χ4n) is 1.73. The number of ether oxygens (including phenoxy) is 1. The molecule has 0 atom stereocenters. The van der Waals surface area contributed by atoms with Crippen molar-refractivity contribution in [2.75, 3.05) is 6.61 Å².